The molecule has 0 amide bonds. The van der Waals surface area contributed by atoms with E-state index in [0.29, 0.717) is 23.3 Å². The third-order valence-corrected chi connectivity index (χ3v) is 5.31. The van der Waals surface area contributed by atoms with Gasteiger partial charge in [-0.3, -0.25) is 0 Å². The maximum atomic E-state index is 14.7. The number of rotatable bonds is 5. The molecule has 1 nitrogen and oxygen atoms in total. The molecule has 0 heterocycles. The zero-order valence-electron chi connectivity index (χ0n) is 14.6. The summed E-state index contributed by atoms with van der Waals surface area (Å²) in [5, 5.41) is 1.06. The van der Waals surface area contributed by atoms with Crippen molar-refractivity contribution in [3.05, 3.63) is 41.5 Å². The Morgan fingerprint density at radius 2 is 1.75 bits per heavy atom. The molecule has 0 aliphatic heterocycles. The zero-order valence-corrected chi connectivity index (χ0v) is 14.6. The Morgan fingerprint density at radius 3 is 2.42 bits per heavy atom. The van der Waals surface area contributed by atoms with Crippen molar-refractivity contribution in [2.45, 2.75) is 58.3 Å². The first-order valence-corrected chi connectivity index (χ1v) is 9.18. The standard InChI is InChI=1S/C21H26F2O/c1-3-5-14-6-8-15(9-7-14)18-12-16-10-11-17(24-4-2)13-19(16)21(23)20(18)22/h10-15H,3-9H2,1-2H3. The van der Waals surface area contributed by atoms with Gasteiger partial charge in [-0.05, 0) is 73.6 Å². The Morgan fingerprint density at radius 1 is 1.00 bits per heavy atom. The minimum Gasteiger partial charge on any atom is -0.494 e. The molecule has 2 aromatic rings. The molecule has 0 N–H and O–H groups in total. The van der Waals surface area contributed by atoms with Crippen LogP contribution in [0, 0.1) is 17.6 Å². The van der Waals surface area contributed by atoms with Crippen LogP contribution in [0.25, 0.3) is 10.8 Å². The second kappa shape index (κ2) is 7.50. The summed E-state index contributed by atoms with van der Waals surface area (Å²) >= 11 is 0. The number of halogens is 2. The van der Waals surface area contributed by atoms with Crippen LogP contribution >= 0.6 is 0 Å². The van der Waals surface area contributed by atoms with Crippen LogP contribution in [0.5, 0.6) is 5.75 Å². The van der Waals surface area contributed by atoms with Crippen LogP contribution in [0.15, 0.2) is 24.3 Å². The van der Waals surface area contributed by atoms with Crippen LogP contribution in [0.2, 0.25) is 0 Å². The second-order valence-electron chi connectivity index (χ2n) is 6.92. The van der Waals surface area contributed by atoms with E-state index in [1.54, 1.807) is 6.07 Å². The van der Waals surface area contributed by atoms with Gasteiger partial charge >= 0.3 is 0 Å². The van der Waals surface area contributed by atoms with E-state index in [4.69, 9.17) is 4.74 Å². The molecule has 0 radical (unpaired) electrons. The number of fused-ring (bicyclic) bond motifs is 1. The largest absolute Gasteiger partial charge is 0.494 e. The third-order valence-electron chi connectivity index (χ3n) is 5.31. The van der Waals surface area contributed by atoms with Gasteiger partial charge in [-0.1, -0.05) is 25.8 Å². The van der Waals surface area contributed by atoms with Gasteiger partial charge in [-0.2, -0.15) is 0 Å². The van der Waals surface area contributed by atoms with E-state index in [2.05, 4.69) is 6.92 Å². The van der Waals surface area contributed by atoms with Gasteiger partial charge in [0.15, 0.2) is 11.6 Å². The summed E-state index contributed by atoms with van der Waals surface area (Å²) in [6, 6.07) is 7.09. The monoisotopic (exact) mass is 332 g/mol. The van der Waals surface area contributed by atoms with Crippen molar-refractivity contribution >= 4 is 10.8 Å². The second-order valence-corrected chi connectivity index (χ2v) is 6.92. The first-order valence-electron chi connectivity index (χ1n) is 9.18. The van der Waals surface area contributed by atoms with E-state index in [9.17, 15) is 8.78 Å². The minimum absolute atomic E-state index is 0.142. The summed E-state index contributed by atoms with van der Waals surface area (Å²) in [6.45, 7) is 4.59. The highest BCUT2D eigenvalue weighted by atomic mass is 19.2. The predicted octanol–water partition coefficient (Wildman–Crippen LogP) is 6.59. The van der Waals surface area contributed by atoms with E-state index in [1.807, 2.05) is 25.1 Å². The molecule has 0 atom stereocenters. The van der Waals surface area contributed by atoms with Crippen LogP contribution in [-0.4, -0.2) is 6.61 Å². The molecule has 0 bridgehead atoms. The lowest BCUT2D eigenvalue weighted by molar-refractivity contribution is 0.303. The van der Waals surface area contributed by atoms with Gasteiger partial charge in [0.05, 0.1) is 6.61 Å². The molecule has 24 heavy (non-hydrogen) atoms. The fraction of sp³-hybridized carbons (Fsp3) is 0.524. The molecule has 3 rings (SSSR count). The van der Waals surface area contributed by atoms with Crippen molar-refractivity contribution in [3.8, 4) is 5.75 Å². The lowest BCUT2D eigenvalue weighted by atomic mass is 9.77. The molecular weight excluding hydrogens is 306 g/mol. The van der Waals surface area contributed by atoms with Gasteiger partial charge in [0, 0.05) is 5.39 Å². The van der Waals surface area contributed by atoms with Gasteiger partial charge in [0.2, 0.25) is 0 Å². The molecule has 0 spiro atoms. The number of benzene rings is 2. The lowest BCUT2D eigenvalue weighted by Crippen LogP contribution is -2.14. The molecule has 1 aliphatic rings. The molecule has 0 saturated heterocycles. The quantitative estimate of drug-likeness (QED) is 0.600. The van der Waals surface area contributed by atoms with Crippen LogP contribution in [0.1, 0.15) is 63.9 Å². The first-order chi connectivity index (χ1) is 11.6. The molecule has 130 valence electrons. The van der Waals surface area contributed by atoms with Gasteiger partial charge in [0.1, 0.15) is 5.75 Å². The average molecular weight is 332 g/mol. The van der Waals surface area contributed by atoms with E-state index in [0.717, 1.165) is 37.0 Å². The van der Waals surface area contributed by atoms with Crippen molar-refractivity contribution in [1.29, 1.82) is 0 Å². The van der Waals surface area contributed by atoms with Crippen molar-refractivity contribution in [3.63, 3.8) is 0 Å². The normalized spacial score (nSPS) is 21.2. The summed E-state index contributed by atoms with van der Waals surface area (Å²) < 4.78 is 34.7. The lowest BCUT2D eigenvalue weighted by Gasteiger charge is -2.29. The Hall–Kier alpha value is -1.64. The van der Waals surface area contributed by atoms with E-state index < -0.39 is 11.6 Å². The van der Waals surface area contributed by atoms with Crippen LogP contribution in [-0.2, 0) is 0 Å². The Labute approximate surface area is 143 Å². The fourth-order valence-electron chi connectivity index (χ4n) is 4.05. The van der Waals surface area contributed by atoms with Gasteiger partial charge in [-0.15, -0.1) is 0 Å². The highest BCUT2D eigenvalue weighted by molar-refractivity contribution is 5.85. The predicted molar refractivity (Wildman–Crippen MR) is 94.6 cm³/mol. The Kier molecular flexibility index (Phi) is 5.37. The Bertz CT molecular complexity index is 703. The summed E-state index contributed by atoms with van der Waals surface area (Å²) in [6.07, 6.45) is 6.63. The number of hydrogen-bond acceptors (Lipinski definition) is 1. The molecule has 1 saturated carbocycles. The van der Waals surface area contributed by atoms with Gasteiger partial charge in [-0.25, -0.2) is 8.78 Å². The molecule has 1 aliphatic carbocycles. The van der Waals surface area contributed by atoms with Crippen molar-refractivity contribution < 1.29 is 13.5 Å². The first kappa shape index (κ1) is 17.2. The summed E-state index contributed by atoms with van der Waals surface area (Å²) in [5.41, 5.74) is 0.555. The highest BCUT2D eigenvalue weighted by Crippen LogP contribution is 2.40. The number of hydrogen-bond donors (Lipinski definition) is 0. The Balaban J connectivity index is 1.89. The molecule has 1 fully saturated rings. The van der Waals surface area contributed by atoms with Crippen molar-refractivity contribution in [1.82, 2.24) is 0 Å². The van der Waals surface area contributed by atoms with E-state index in [-0.39, 0.29) is 5.92 Å². The SMILES string of the molecule is CCCC1CCC(c2cc3ccc(OCC)cc3c(F)c2F)CC1. The third kappa shape index (κ3) is 3.40. The van der Waals surface area contributed by atoms with Gasteiger partial charge < -0.3 is 4.74 Å². The molecule has 3 heteroatoms. The smallest absolute Gasteiger partial charge is 0.167 e. The van der Waals surface area contributed by atoms with Crippen LogP contribution < -0.4 is 4.74 Å². The molecule has 0 unspecified atom stereocenters. The van der Waals surface area contributed by atoms with Gasteiger partial charge in [0.25, 0.3) is 0 Å². The van der Waals surface area contributed by atoms with E-state index in [1.165, 1.54) is 12.8 Å². The molecule has 2 aromatic carbocycles. The molecule has 0 aromatic heterocycles. The fourth-order valence-corrected chi connectivity index (χ4v) is 4.05. The highest BCUT2D eigenvalue weighted by Gasteiger charge is 2.26. The average Bonchev–Trinajstić information content (AvgIpc) is 2.60. The minimum atomic E-state index is -0.736. The maximum absolute atomic E-state index is 14.7. The molecular formula is C21H26F2O. The summed E-state index contributed by atoms with van der Waals surface area (Å²) in [5.74, 6) is 0.0721. The van der Waals surface area contributed by atoms with Crippen LogP contribution in [0.3, 0.4) is 0 Å². The topological polar surface area (TPSA) is 9.23 Å². The summed E-state index contributed by atoms with van der Waals surface area (Å²) in [7, 11) is 0. The summed E-state index contributed by atoms with van der Waals surface area (Å²) in [4.78, 5) is 0. The van der Waals surface area contributed by atoms with Crippen molar-refractivity contribution in [2.75, 3.05) is 6.61 Å². The maximum Gasteiger partial charge on any atom is 0.167 e. The van der Waals surface area contributed by atoms with Crippen molar-refractivity contribution in [2.24, 2.45) is 5.92 Å². The number of ether oxygens (including phenoxy) is 1. The van der Waals surface area contributed by atoms with Crippen LogP contribution in [0.4, 0.5) is 8.78 Å². The zero-order chi connectivity index (χ0) is 17.1. The van der Waals surface area contributed by atoms with E-state index >= 15 is 0 Å².